The van der Waals surface area contributed by atoms with Gasteiger partial charge in [-0.05, 0) is 42.0 Å². The average Bonchev–Trinajstić information content (AvgIpc) is 2.62. The van der Waals surface area contributed by atoms with Crippen LogP contribution in [0.1, 0.15) is 17.2 Å². The molecule has 0 aromatic heterocycles. The van der Waals surface area contributed by atoms with Crippen molar-refractivity contribution in [2.75, 3.05) is 11.1 Å². The van der Waals surface area contributed by atoms with Crippen LogP contribution >= 0.6 is 46.7 Å². The van der Waals surface area contributed by atoms with Crippen molar-refractivity contribution >= 4 is 64.1 Å². The van der Waals surface area contributed by atoms with Crippen LogP contribution in [0.4, 0.5) is 5.69 Å². The minimum absolute atomic E-state index is 0.0478. The summed E-state index contributed by atoms with van der Waals surface area (Å²) in [6, 6.07) is 14.5. The Kier molecular flexibility index (Phi) is 6.70. The van der Waals surface area contributed by atoms with E-state index in [0.717, 1.165) is 9.80 Å². The summed E-state index contributed by atoms with van der Waals surface area (Å²) in [5.74, 6) is 0.187. The highest BCUT2D eigenvalue weighted by atomic mass is 35.5. The lowest BCUT2D eigenvalue weighted by molar-refractivity contribution is -0.115. The smallest absolute Gasteiger partial charge is 0.234 e. The van der Waals surface area contributed by atoms with Gasteiger partial charge in [0, 0.05) is 37.7 Å². The van der Waals surface area contributed by atoms with Crippen LogP contribution in [0, 0.1) is 0 Å². The Labute approximate surface area is 170 Å². The molecule has 0 aliphatic carbocycles. The zero-order valence-electron chi connectivity index (χ0n) is 13.6. The third kappa shape index (κ3) is 5.55. The van der Waals surface area contributed by atoms with E-state index in [1.54, 1.807) is 42.1 Å². The zero-order valence-corrected chi connectivity index (χ0v) is 16.7. The molecule has 26 heavy (non-hydrogen) atoms. The quantitative estimate of drug-likeness (QED) is 0.644. The molecule has 1 aliphatic heterocycles. The van der Waals surface area contributed by atoms with Crippen LogP contribution in [-0.2, 0) is 9.59 Å². The van der Waals surface area contributed by atoms with Crippen LogP contribution < -0.4 is 5.32 Å². The minimum atomic E-state index is -0.125. The summed E-state index contributed by atoms with van der Waals surface area (Å²) in [4.78, 5) is 24.2. The number of hydrogen-bond acceptors (Lipinski definition) is 4. The van der Waals surface area contributed by atoms with Crippen LogP contribution in [0.2, 0.25) is 10.0 Å². The summed E-state index contributed by atoms with van der Waals surface area (Å²) in [5, 5.41) is 4.15. The van der Waals surface area contributed by atoms with Crippen molar-refractivity contribution in [2.24, 2.45) is 0 Å². The van der Waals surface area contributed by atoms with E-state index >= 15 is 0 Å². The molecule has 1 heterocycles. The molecular formula is C19H15Cl2NO2S2. The summed E-state index contributed by atoms with van der Waals surface area (Å²) in [7, 11) is 0. The Morgan fingerprint density at radius 1 is 1.08 bits per heavy atom. The first-order chi connectivity index (χ1) is 12.5. The number of allylic oxidation sites excluding steroid dienone is 1. The Hall–Kier alpha value is -1.40. The molecule has 2 aromatic rings. The third-order valence-electron chi connectivity index (χ3n) is 3.64. The number of hydrogen-bond donors (Lipinski definition) is 1. The molecule has 0 spiro atoms. The molecule has 0 saturated carbocycles. The largest absolute Gasteiger partial charge is 0.325 e. The molecular weight excluding hydrogens is 409 g/mol. The van der Waals surface area contributed by atoms with Crippen LogP contribution in [0.25, 0.3) is 0 Å². The molecule has 0 bridgehead atoms. The van der Waals surface area contributed by atoms with Gasteiger partial charge in [0.05, 0.1) is 5.75 Å². The first-order valence-corrected chi connectivity index (χ1v) is 10.5. The highest BCUT2D eigenvalue weighted by Gasteiger charge is 2.23. The molecule has 1 unspecified atom stereocenters. The molecule has 1 atom stereocenters. The molecule has 0 saturated heterocycles. The number of carbonyl (C=O) groups is 2. The minimum Gasteiger partial charge on any atom is -0.325 e. The first kappa shape index (κ1) is 19.4. The highest BCUT2D eigenvalue weighted by Crippen LogP contribution is 2.45. The van der Waals surface area contributed by atoms with Gasteiger partial charge in [-0.25, -0.2) is 0 Å². The molecule has 3 rings (SSSR count). The van der Waals surface area contributed by atoms with E-state index in [4.69, 9.17) is 23.2 Å². The maximum absolute atomic E-state index is 12.1. The van der Waals surface area contributed by atoms with Crippen molar-refractivity contribution < 1.29 is 9.59 Å². The van der Waals surface area contributed by atoms with E-state index in [9.17, 15) is 9.59 Å². The highest BCUT2D eigenvalue weighted by molar-refractivity contribution is 8.22. The van der Waals surface area contributed by atoms with E-state index in [-0.39, 0.29) is 22.7 Å². The van der Waals surface area contributed by atoms with Gasteiger partial charge in [0.15, 0.2) is 5.78 Å². The molecule has 7 heteroatoms. The van der Waals surface area contributed by atoms with Gasteiger partial charge < -0.3 is 5.32 Å². The van der Waals surface area contributed by atoms with Gasteiger partial charge >= 0.3 is 0 Å². The number of amides is 1. The van der Waals surface area contributed by atoms with Gasteiger partial charge in [-0.3, -0.25) is 9.59 Å². The zero-order chi connectivity index (χ0) is 18.5. The monoisotopic (exact) mass is 423 g/mol. The molecule has 0 fully saturated rings. The van der Waals surface area contributed by atoms with Crippen molar-refractivity contribution in [3.63, 3.8) is 0 Å². The summed E-state index contributed by atoms with van der Waals surface area (Å²) < 4.78 is 0.854. The van der Waals surface area contributed by atoms with Crippen molar-refractivity contribution in [3.05, 3.63) is 74.5 Å². The number of thioether (sulfide) groups is 2. The molecule has 1 N–H and O–H groups in total. The molecule has 2 aromatic carbocycles. The summed E-state index contributed by atoms with van der Waals surface area (Å²) in [6.45, 7) is 0. The lowest BCUT2D eigenvalue weighted by Crippen LogP contribution is -2.14. The number of ketones is 1. The maximum atomic E-state index is 12.1. The standard InChI is InChI=1S/C19H15Cl2NO2S2/c20-13-3-1-12(2-4-13)17-9-16(23)10-19(26-17)25-11-18(24)22-15-7-5-14(21)6-8-15/h1-8,10,17H,9,11H2,(H,22,24). The second-order valence-corrected chi connectivity index (χ2v) is 9.03. The Morgan fingerprint density at radius 2 is 1.69 bits per heavy atom. The van der Waals surface area contributed by atoms with Gasteiger partial charge in [-0.15, -0.1) is 23.5 Å². The van der Waals surface area contributed by atoms with Gasteiger partial charge in [0.2, 0.25) is 5.91 Å². The number of anilines is 1. The number of benzene rings is 2. The SMILES string of the molecule is O=C1C=C(SCC(=O)Nc2ccc(Cl)cc2)SC(c2ccc(Cl)cc2)C1. The summed E-state index contributed by atoms with van der Waals surface area (Å²) >= 11 is 14.7. The Morgan fingerprint density at radius 3 is 2.35 bits per heavy atom. The predicted octanol–water partition coefficient (Wildman–Crippen LogP) is 5.95. The van der Waals surface area contributed by atoms with Crippen LogP contribution in [0.5, 0.6) is 0 Å². The van der Waals surface area contributed by atoms with E-state index in [0.29, 0.717) is 22.2 Å². The third-order valence-corrected chi connectivity index (χ3v) is 6.67. The second kappa shape index (κ2) is 9.00. The van der Waals surface area contributed by atoms with Crippen LogP contribution in [0.3, 0.4) is 0 Å². The van der Waals surface area contributed by atoms with Gasteiger partial charge in [0.1, 0.15) is 0 Å². The number of nitrogens with one attached hydrogen (secondary N) is 1. The second-order valence-electron chi connectivity index (χ2n) is 5.64. The summed E-state index contributed by atoms with van der Waals surface area (Å²) in [6.07, 6.45) is 2.07. The molecule has 134 valence electrons. The number of rotatable bonds is 5. The normalized spacial score (nSPS) is 16.9. The van der Waals surface area contributed by atoms with E-state index in [2.05, 4.69) is 5.32 Å². The molecule has 1 aliphatic rings. The first-order valence-electron chi connectivity index (χ1n) is 7.84. The molecule has 0 radical (unpaired) electrons. The fourth-order valence-corrected chi connectivity index (χ4v) is 5.03. The van der Waals surface area contributed by atoms with E-state index in [1.807, 2.05) is 24.3 Å². The number of halogens is 2. The topological polar surface area (TPSA) is 46.2 Å². The van der Waals surface area contributed by atoms with Gasteiger partial charge in [-0.1, -0.05) is 35.3 Å². The fourth-order valence-electron chi connectivity index (χ4n) is 2.39. The Balaban J connectivity index is 1.56. The van der Waals surface area contributed by atoms with Gasteiger partial charge in [0.25, 0.3) is 0 Å². The lowest BCUT2D eigenvalue weighted by Gasteiger charge is -2.21. The van der Waals surface area contributed by atoms with Crippen molar-refractivity contribution in [3.8, 4) is 0 Å². The number of carbonyl (C=O) groups excluding carboxylic acids is 2. The maximum Gasteiger partial charge on any atom is 0.234 e. The summed E-state index contributed by atoms with van der Waals surface area (Å²) in [5.41, 5.74) is 1.75. The lowest BCUT2D eigenvalue weighted by atomic mass is 10.1. The fraction of sp³-hybridized carbons (Fsp3) is 0.158. The van der Waals surface area contributed by atoms with Crippen molar-refractivity contribution in [1.82, 2.24) is 0 Å². The van der Waals surface area contributed by atoms with Gasteiger partial charge in [-0.2, -0.15) is 0 Å². The average molecular weight is 424 g/mol. The van der Waals surface area contributed by atoms with Crippen LogP contribution in [0.15, 0.2) is 58.8 Å². The van der Waals surface area contributed by atoms with E-state index < -0.39 is 0 Å². The Bertz CT molecular complexity index is 836. The molecule has 1 amide bonds. The van der Waals surface area contributed by atoms with Crippen LogP contribution in [-0.4, -0.2) is 17.4 Å². The van der Waals surface area contributed by atoms with Crippen molar-refractivity contribution in [1.29, 1.82) is 0 Å². The predicted molar refractivity (Wildman–Crippen MR) is 112 cm³/mol. The molecule has 3 nitrogen and oxygen atoms in total. The van der Waals surface area contributed by atoms with Crippen molar-refractivity contribution in [2.45, 2.75) is 11.7 Å². The van der Waals surface area contributed by atoms with E-state index in [1.165, 1.54) is 11.8 Å².